The molecule has 0 radical (unpaired) electrons. The molecular weight excluding hydrogens is 332 g/mol. The number of nitrogens with zero attached hydrogens (tertiary/aromatic N) is 4. The number of hydrogen-bond donors (Lipinski definition) is 2. The van der Waals surface area contributed by atoms with E-state index in [9.17, 15) is 4.79 Å². The number of anilines is 2. The van der Waals surface area contributed by atoms with E-state index in [1.165, 1.54) is 18.8 Å². The third-order valence-corrected chi connectivity index (χ3v) is 3.81. The van der Waals surface area contributed by atoms with Gasteiger partial charge in [-0.05, 0) is 12.1 Å². The Bertz CT molecular complexity index is 770. The summed E-state index contributed by atoms with van der Waals surface area (Å²) in [6.45, 7) is -0.0685. The molecule has 0 aliphatic heterocycles. The van der Waals surface area contributed by atoms with Crippen LogP contribution in [-0.4, -0.2) is 40.6 Å². The van der Waals surface area contributed by atoms with Crippen LogP contribution in [0.15, 0.2) is 23.4 Å². The number of aromatic nitrogens is 3. The molecule has 9 nitrogen and oxygen atoms in total. The van der Waals surface area contributed by atoms with E-state index in [4.69, 9.17) is 20.5 Å². The molecule has 0 aliphatic carbocycles. The molecule has 1 heterocycles. The summed E-state index contributed by atoms with van der Waals surface area (Å²) in [5.74, 6) is 1.05. The minimum atomic E-state index is -0.312. The first-order valence-electron chi connectivity index (χ1n) is 6.79. The fourth-order valence-electron chi connectivity index (χ4n) is 1.91. The highest BCUT2D eigenvalue weighted by Gasteiger charge is 2.14. The minimum Gasteiger partial charge on any atom is -0.493 e. The summed E-state index contributed by atoms with van der Waals surface area (Å²) in [4.78, 5) is 12.2. The molecule has 3 N–H and O–H groups in total. The number of nitrogen functional groups attached to an aromatic ring is 1. The molecule has 0 bridgehead atoms. The van der Waals surface area contributed by atoms with E-state index in [2.05, 4.69) is 15.5 Å². The average Bonchev–Trinajstić information content (AvgIpc) is 2.92. The predicted octanol–water partition coefficient (Wildman–Crippen LogP) is 1.13. The second kappa shape index (κ2) is 8.07. The number of benzene rings is 1. The summed E-state index contributed by atoms with van der Waals surface area (Å²) in [6, 6.07) is 7.02. The van der Waals surface area contributed by atoms with Gasteiger partial charge in [-0.15, -0.1) is 10.2 Å². The Morgan fingerprint density at radius 3 is 2.79 bits per heavy atom. The first-order chi connectivity index (χ1) is 11.6. The van der Waals surface area contributed by atoms with Crippen molar-refractivity contribution in [1.29, 1.82) is 5.26 Å². The second-order valence-corrected chi connectivity index (χ2v) is 5.43. The Hall–Kier alpha value is -2.93. The van der Waals surface area contributed by atoms with Gasteiger partial charge in [-0.3, -0.25) is 9.36 Å². The molecule has 0 spiro atoms. The van der Waals surface area contributed by atoms with Crippen LogP contribution in [0, 0.1) is 11.3 Å². The lowest BCUT2D eigenvalue weighted by molar-refractivity contribution is -0.116. The number of amides is 1. The van der Waals surface area contributed by atoms with E-state index < -0.39 is 0 Å². The van der Waals surface area contributed by atoms with Crippen LogP contribution >= 0.6 is 11.8 Å². The van der Waals surface area contributed by atoms with Gasteiger partial charge in [0.1, 0.15) is 6.54 Å². The topological polar surface area (TPSA) is 128 Å². The fraction of sp³-hybridized carbons (Fsp3) is 0.286. The molecule has 1 amide bonds. The second-order valence-electron chi connectivity index (χ2n) is 4.49. The molecule has 1 aromatic carbocycles. The van der Waals surface area contributed by atoms with Gasteiger partial charge < -0.3 is 20.5 Å². The summed E-state index contributed by atoms with van der Waals surface area (Å²) >= 11 is 1.16. The number of nitriles is 1. The van der Waals surface area contributed by atoms with Crippen molar-refractivity contribution in [3.8, 4) is 17.6 Å². The van der Waals surface area contributed by atoms with Gasteiger partial charge in [0.2, 0.25) is 11.9 Å². The molecule has 1 aromatic heterocycles. The van der Waals surface area contributed by atoms with Crippen molar-refractivity contribution in [2.24, 2.45) is 0 Å². The van der Waals surface area contributed by atoms with Gasteiger partial charge >= 0.3 is 0 Å². The summed E-state index contributed by atoms with van der Waals surface area (Å²) in [5.41, 5.74) is 6.27. The lowest BCUT2D eigenvalue weighted by atomic mass is 10.2. The average molecular weight is 348 g/mol. The van der Waals surface area contributed by atoms with E-state index >= 15 is 0 Å². The number of carbonyl (C=O) groups excluding carboxylic acids is 1. The Morgan fingerprint density at radius 2 is 2.12 bits per heavy atom. The highest BCUT2D eigenvalue weighted by atomic mass is 32.2. The van der Waals surface area contributed by atoms with Crippen molar-refractivity contribution in [2.75, 3.05) is 31.0 Å². The first-order valence-corrected chi connectivity index (χ1v) is 7.78. The van der Waals surface area contributed by atoms with Gasteiger partial charge in [0.25, 0.3) is 0 Å². The van der Waals surface area contributed by atoms with Gasteiger partial charge in [-0.1, -0.05) is 11.8 Å². The smallest absolute Gasteiger partial charge is 0.244 e. The number of rotatable bonds is 7. The number of thioether (sulfide) groups is 1. The molecule has 10 heteroatoms. The summed E-state index contributed by atoms with van der Waals surface area (Å²) in [7, 11) is 3.05. The van der Waals surface area contributed by atoms with Crippen molar-refractivity contribution in [3.63, 3.8) is 0 Å². The molecule has 0 atom stereocenters. The van der Waals surface area contributed by atoms with Crippen molar-refractivity contribution in [1.82, 2.24) is 14.8 Å². The third-order valence-electron chi connectivity index (χ3n) is 2.98. The predicted molar refractivity (Wildman–Crippen MR) is 88.9 cm³/mol. The van der Waals surface area contributed by atoms with Crippen molar-refractivity contribution in [3.05, 3.63) is 18.2 Å². The van der Waals surface area contributed by atoms with Gasteiger partial charge in [-0.2, -0.15) is 5.26 Å². The van der Waals surface area contributed by atoms with Gasteiger partial charge in [0.15, 0.2) is 16.7 Å². The van der Waals surface area contributed by atoms with Crippen molar-refractivity contribution in [2.45, 2.75) is 11.7 Å². The highest BCUT2D eigenvalue weighted by molar-refractivity contribution is 7.99. The SMILES string of the molecule is COc1ccc(NC(=O)Cn2c(N)nnc2SCC#N)cc1OC. The Balaban J connectivity index is 2.09. The lowest BCUT2D eigenvalue weighted by Gasteiger charge is -2.11. The molecule has 126 valence electrons. The molecule has 24 heavy (non-hydrogen) atoms. The van der Waals surface area contributed by atoms with Crippen LogP contribution in [0.4, 0.5) is 11.6 Å². The van der Waals surface area contributed by atoms with E-state index in [1.807, 2.05) is 6.07 Å². The van der Waals surface area contributed by atoms with Crippen molar-refractivity contribution >= 4 is 29.3 Å². The quantitative estimate of drug-likeness (QED) is 0.713. The van der Waals surface area contributed by atoms with Gasteiger partial charge in [0, 0.05) is 11.8 Å². The molecule has 2 rings (SSSR count). The largest absolute Gasteiger partial charge is 0.493 e. The minimum absolute atomic E-state index is 0.0685. The van der Waals surface area contributed by atoms with Gasteiger partial charge in [-0.25, -0.2) is 0 Å². The van der Waals surface area contributed by atoms with Crippen LogP contribution in [-0.2, 0) is 11.3 Å². The lowest BCUT2D eigenvalue weighted by Crippen LogP contribution is -2.20. The monoisotopic (exact) mass is 348 g/mol. The number of ether oxygens (including phenoxy) is 2. The Labute approximate surface area is 142 Å². The van der Waals surface area contributed by atoms with Crippen LogP contribution in [0.2, 0.25) is 0 Å². The Kier molecular flexibility index (Phi) is 5.86. The van der Waals surface area contributed by atoms with Crippen molar-refractivity contribution < 1.29 is 14.3 Å². The maximum absolute atomic E-state index is 12.2. The Morgan fingerprint density at radius 1 is 1.38 bits per heavy atom. The number of carbonyl (C=O) groups is 1. The standard InChI is InChI=1S/C14H16N6O3S/c1-22-10-4-3-9(7-11(10)23-2)17-12(21)8-20-13(16)18-19-14(20)24-6-5-15/h3-4,7H,6,8H2,1-2H3,(H2,16,18)(H,17,21). The zero-order chi connectivity index (χ0) is 17.5. The van der Waals surface area contributed by atoms with E-state index in [0.717, 1.165) is 11.8 Å². The van der Waals surface area contributed by atoms with Crippen LogP contribution in [0.25, 0.3) is 0 Å². The van der Waals surface area contributed by atoms with E-state index in [-0.39, 0.29) is 24.2 Å². The number of hydrogen-bond acceptors (Lipinski definition) is 8. The number of nitrogens with two attached hydrogens (primary N) is 1. The maximum Gasteiger partial charge on any atom is 0.244 e. The van der Waals surface area contributed by atoms with E-state index in [1.54, 1.807) is 18.2 Å². The van der Waals surface area contributed by atoms with Crippen LogP contribution in [0.1, 0.15) is 0 Å². The zero-order valence-electron chi connectivity index (χ0n) is 13.1. The molecule has 0 saturated carbocycles. The summed E-state index contributed by atoms with van der Waals surface area (Å²) < 4.78 is 11.8. The highest BCUT2D eigenvalue weighted by Crippen LogP contribution is 2.29. The van der Waals surface area contributed by atoms with Gasteiger partial charge in [0.05, 0.1) is 26.0 Å². The number of methoxy groups -OCH3 is 2. The zero-order valence-corrected chi connectivity index (χ0v) is 14.0. The van der Waals surface area contributed by atoms with E-state index in [0.29, 0.717) is 22.3 Å². The molecule has 0 unspecified atom stereocenters. The molecule has 0 saturated heterocycles. The van der Waals surface area contributed by atoms with Crippen LogP contribution < -0.4 is 20.5 Å². The first kappa shape index (κ1) is 17.4. The fourth-order valence-corrected chi connectivity index (χ4v) is 2.52. The summed E-state index contributed by atoms with van der Waals surface area (Å²) in [6.07, 6.45) is 0. The van der Waals surface area contributed by atoms with Crippen LogP contribution in [0.3, 0.4) is 0 Å². The normalized spacial score (nSPS) is 10.0. The molecule has 0 aliphatic rings. The molecule has 2 aromatic rings. The third kappa shape index (κ3) is 4.08. The van der Waals surface area contributed by atoms with Crippen LogP contribution in [0.5, 0.6) is 11.5 Å². The summed E-state index contributed by atoms with van der Waals surface area (Å²) in [5, 5.41) is 19.4. The molecule has 0 fully saturated rings. The number of nitrogens with one attached hydrogen (secondary N) is 1. The maximum atomic E-state index is 12.2. The molecular formula is C14H16N6O3S.